The van der Waals surface area contributed by atoms with Gasteiger partial charge < -0.3 is 9.47 Å². The van der Waals surface area contributed by atoms with Crippen molar-refractivity contribution in [2.24, 2.45) is 0 Å². The fourth-order valence-electron chi connectivity index (χ4n) is 1.36. The maximum Gasteiger partial charge on any atom is 0.138 e. The van der Waals surface area contributed by atoms with Crippen molar-refractivity contribution in [3.05, 3.63) is 24.0 Å². The van der Waals surface area contributed by atoms with Gasteiger partial charge in [-0.2, -0.15) is 0 Å². The molecule has 0 spiro atoms. The first-order valence-electron chi connectivity index (χ1n) is 4.96. The van der Waals surface area contributed by atoms with E-state index < -0.39 is 0 Å². The third-order valence-corrected chi connectivity index (χ3v) is 2.01. The van der Waals surface area contributed by atoms with Crippen molar-refractivity contribution in [1.82, 2.24) is 4.98 Å². The summed E-state index contributed by atoms with van der Waals surface area (Å²) >= 11 is 0. The van der Waals surface area contributed by atoms with E-state index in [1.54, 1.807) is 6.20 Å². The lowest BCUT2D eigenvalue weighted by molar-refractivity contribution is 0.241. The lowest BCUT2D eigenvalue weighted by Crippen LogP contribution is -2.06. The summed E-state index contributed by atoms with van der Waals surface area (Å²) in [6.07, 6.45) is 5.17. The highest BCUT2D eigenvalue weighted by atomic mass is 16.6. The van der Waals surface area contributed by atoms with E-state index in [0.717, 1.165) is 18.8 Å². The average Bonchev–Trinajstić information content (AvgIpc) is 2.87. The molecule has 1 aliphatic rings. The molecule has 0 radical (unpaired) electrons. The summed E-state index contributed by atoms with van der Waals surface area (Å²) in [6, 6.07) is 2.04. The van der Waals surface area contributed by atoms with E-state index in [1.165, 1.54) is 5.56 Å². The number of hydrogen-bond acceptors (Lipinski definition) is 3. The third kappa shape index (κ3) is 2.70. The summed E-state index contributed by atoms with van der Waals surface area (Å²) in [4.78, 5) is 4.14. The Morgan fingerprint density at radius 1 is 1.57 bits per heavy atom. The van der Waals surface area contributed by atoms with Crippen LogP contribution in [0.5, 0.6) is 5.75 Å². The fraction of sp³-hybridized carbons (Fsp3) is 0.545. The molecule has 14 heavy (non-hydrogen) atoms. The smallest absolute Gasteiger partial charge is 0.138 e. The molecule has 0 aromatic carbocycles. The first-order valence-corrected chi connectivity index (χ1v) is 4.96. The van der Waals surface area contributed by atoms with Crippen LogP contribution >= 0.6 is 0 Å². The summed E-state index contributed by atoms with van der Waals surface area (Å²) in [6.45, 7) is 4.91. The van der Waals surface area contributed by atoms with Crippen LogP contribution in [0.1, 0.15) is 19.4 Å². The molecule has 1 aliphatic heterocycles. The average molecular weight is 193 g/mol. The molecule has 1 unspecified atom stereocenters. The number of epoxide rings is 1. The van der Waals surface area contributed by atoms with Crippen LogP contribution in [-0.4, -0.2) is 23.8 Å². The molecule has 0 amide bonds. The van der Waals surface area contributed by atoms with Gasteiger partial charge in [0.1, 0.15) is 5.75 Å². The highest BCUT2D eigenvalue weighted by Crippen LogP contribution is 2.19. The van der Waals surface area contributed by atoms with Gasteiger partial charge in [0.25, 0.3) is 0 Å². The highest BCUT2D eigenvalue weighted by Gasteiger charge is 2.22. The quantitative estimate of drug-likeness (QED) is 0.684. The monoisotopic (exact) mass is 193 g/mol. The molecule has 3 nitrogen and oxygen atoms in total. The Hall–Kier alpha value is -1.09. The standard InChI is InChI=1S/C11H15NO2/c1-8(2)14-10-3-9(5-12-6-10)4-11-7-13-11/h3,5-6,8,11H,4,7H2,1-2H3. The zero-order valence-electron chi connectivity index (χ0n) is 8.56. The number of ether oxygens (including phenoxy) is 2. The molecule has 3 heteroatoms. The first-order chi connectivity index (χ1) is 6.74. The van der Waals surface area contributed by atoms with Gasteiger partial charge in [-0.1, -0.05) is 0 Å². The molecular weight excluding hydrogens is 178 g/mol. The van der Waals surface area contributed by atoms with Crippen molar-refractivity contribution in [2.75, 3.05) is 6.61 Å². The molecule has 0 saturated carbocycles. The van der Waals surface area contributed by atoms with E-state index in [0.29, 0.717) is 6.10 Å². The van der Waals surface area contributed by atoms with Crippen molar-refractivity contribution < 1.29 is 9.47 Å². The van der Waals surface area contributed by atoms with Gasteiger partial charge >= 0.3 is 0 Å². The van der Waals surface area contributed by atoms with Gasteiger partial charge in [0.2, 0.25) is 0 Å². The zero-order valence-corrected chi connectivity index (χ0v) is 8.56. The minimum Gasteiger partial charge on any atom is -0.489 e. The maximum absolute atomic E-state index is 5.55. The minimum absolute atomic E-state index is 0.198. The summed E-state index contributed by atoms with van der Waals surface area (Å²) in [5, 5.41) is 0. The van der Waals surface area contributed by atoms with Gasteiger partial charge in [0.05, 0.1) is 25.0 Å². The van der Waals surface area contributed by atoms with E-state index in [-0.39, 0.29) is 6.10 Å². The lowest BCUT2D eigenvalue weighted by atomic mass is 10.2. The van der Waals surface area contributed by atoms with E-state index in [1.807, 2.05) is 26.1 Å². The SMILES string of the molecule is CC(C)Oc1cncc(CC2CO2)c1. The first kappa shape index (κ1) is 9.46. The number of pyridine rings is 1. The second kappa shape index (κ2) is 3.96. The van der Waals surface area contributed by atoms with Crippen LogP contribution < -0.4 is 4.74 Å². The van der Waals surface area contributed by atoms with Crippen molar-refractivity contribution in [2.45, 2.75) is 32.5 Å². The van der Waals surface area contributed by atoms with Crippen molar-refractivity contribution in [3.63, 3.8) is 0 Å². The summed E-state index contributed by atoms with van der Waals surface area (Å²) in [7, 11) is 0. The predicted molar refractivity (Wildman–Crippen MR) is 53.4 cm³/mol. The van der Waals surface area contributed by atoms with Crippen molar-refractivity contribution in [3.8, 4) is 5.75 Å². The van der Waals surface area contributed by atoms with Crippen molar-refractivity contribution >= 4 is 0 Å². The van der Waals surface area contributed by atoms with Gasteiger partial charge in [-0.05, 0) is 25.5 Å². The lowest BCUT2D eigenvalue weighted by Gasteiger charge is -2.09. The topological polar surface area (TPSA) is 34.6 Å². The molecule has 1 fully saturated rings. The molecule has 0 aliphatic carbocycles. The number of aromatic nitrogens is 1. The Bertz CT molecular complexity index is 289. The van der Waals surface area contributed by atoms with Gasteiger partial charge in [0.15, 0.2) is 0 Å². The number of nitrogens with zero attached hydrogens (tertiary/aromatic N) is 1. The molecular formula is C11H15NO2. The molecule has 0 N–H and O–H groups in total. The van der Waals surface area contributed by atoms with Gasteiger partial charge in [-0.25, -0.2) is 0 Å². The Morgan fingerprint density at radius 3 is 3.00 bits per heavy atom. The normalized spacial score (nSPS) is 19.8. The van der Waals surface area contributed by atoms with Gasteiger partial charge in [0, 0.05) is 12.6 Å². The van der Waals surface area contributed by atoms with E-state index in [2.05, 4.69) is 4.98 Å². The van der Waals surface area contributed by atoms with Crippen LogP contribution in [0.25, 0.3) is 0 Å². The van der Waals surface area contributed by atoms with Gasteiger partial charge in [-0.3, -0.25) is 4.98 Å². The number of rotatable bonds is 4. The Balaban J connectivity index is 2.01. The number of hydrogen-bond donors (Lipinski definition) is 0. The molecule has 2 rings (SSSR count). The fourth-order valence-corrected chi connectivity index (χ4v) is 1.36. The van der Waals surface area contributed by atoms with Crippen LogP contribution in [0.15, 0.2) is 18.5 Å². The Morgan fingerprint density at radius 2 is 2.36 bits per heavy atom. The molecule has 1 aromatic heterocycles. The molecule has 1 aromatic rings. The van der Waals surface area contributed by atoms with Crippen LogP contribution in [0.3, 0.4) is 0 Å². The predicted octanol–water partition coefficient (Wildman–Crippen LogP) is 1.81. The second-order valence-electron chi connectivity index (χ2n) is 3.85. The van der Waals surface area contributed by atoms with E-state index in [4.69, 9.17) is 9.47 Å². The van der Waals surface area contributed by atoms with E-state index in [9.17, 15) is 0 Å². The summed E-state index contributed by atoms with van der Waals surface area (Å²) < 4.78 is 10.7. The molecule has 1 atom stereocenters. The molecule has 0 bridgehead atoms. The van der Waals surface area contributed by atoms with Crippen LogP contribution in [0, 0.1) is 0 Å². The van der Waals surface area contributed by atoms with Crippen LogP contribution in [0.2, 0.25) is 0 Å². The maximum atomic E-state index is 5.55. The minimum atomic E-state index is 0.198. The summed E-state index contributed by atoms with van der Waals surface area (Å²) in [5.74, 6) is 0.846. The molecule has 76 valence electrons. The Kier molecular flexibility index (Phi) is 2.68. The zero-order chi connectivity index (χ0) is 9.97. The second-order valence-corrected chi connectivity index (χ2v) is 3.85. The highest BCUT2D eigenvalue weighted by molar-refractivity contribution is 5.24. The van der Waals surface area contributed by atoms with E-state index >= 15 is 0 Å². The van der Waals surface area contributed by atoms with Crippen molar-refractivity contribution in [1.29, 1.82) is 0 Å². The summed E-state index contributed by atoms with van der Waals surface area (Å²) in [5.41, 5.74) is 1.19. The third-order valence-electron chi connectivity index (χ3n) is 2.01. The van der Waals surface area contributed by atoms with Crippen LogP contribution in [-0.2, 0) is 11.2 Å². The van der Waals surface area contributed by atoms with Gasteiger partial charge in [-0.15, -0.1) is 0 Å². The van der Waals surface area contributed by atoms with Crippen LogP contribution in [0.4, 0.5) is 0 Å². The largest absolute Gasteiger partial charge is 0.489 e. The Labute approximate surface area is 84.1 Å². The molecule has 1 saturated heterocycles. The molecule has 2 heterocycles.